The van der Waals surface area contributed by atoms with Gasteiger partial charge in [0.05, 0.1) is 13.2 Å². The van der Waals surface area contributed by atoms with Gasteiger partial charge in [-0.2, -0.15) is 0 Å². The number of hydrogen-bond donors (Lipinski definition) is 0. The second-order valence-corrected chi connectivity index (χ2v) is 5.57. The third-order valence-corrected chi connectivity index (χ3v) is 3.53. The van der Waals surface area contributed by atoms with Crippen LogP contribution in [-0.2, 0) is 9.47 Å². The van der Waals surface area contributed by atoms with Crippen LogP contribution in [0.2, 0.25) is 0 Å². The summed E-state index contributed by atoms with van der Waals surface area (Å²) in [6, 6.07) is 8.07. The first kappa shape index (κ1) is 14.1. The lowest BCUT2D eigenvalue weighted by Crippen LogP contribution is -2.23. The fraction of sp³-hybridized carbons (Fsp3) is 0.571. The van der Waals surface area contributed by atoms with Crippen LogP contribution in [0.15, 0.2) is 24.3 Å². The van der Waals surface area contributed by atoms with Crippen molar-refractivity contribution in [2.75, 3.05) is 19.8 Å². The average Bonchev–Trinajstić information content (AvgIpc) is 2.42. The molecule has 1 aromatic carbocycles. The summed E-state index contributed by atoms with van der Waals surface area (Å²) in [6.07, 6.45) is 4.31. The first-order valence-corrected chi connectivity index (χ1v) is 7.54. The molecule has 0 saturated carbocycles. The normalized spacial score (nSPS) is 19.7. The van der Waals surface area contributed by atoms with E-state index in [9.17, 15) is 0 Å². The van der Waals surface area contributed by atoms with Crippen molar-refractivity contribution >= 4 is 22.6 Å². The molecule has 0 aromatic heterocycles. The average molecular weight is 362 g/mol. The van der Waals surface area contributed by atoms with Gasteiger partial charge in [-0.3, -0.25) is 0 Å². The molecule has 1 saturated heterocycles. The van der Waals surface area contributed by atoms with E-state index in [1.807, 2.05) is 24.3 Å². The van der Waals surface area contributed by atoms with E-state index in [4.69, 9.17) is 14.2 Å². The first-order chi connectivity index (χ1) is 8.84. The van der Waals surface area contributed by atoms with Gasteiger partial charge in [-0.25, -0.2) is 0 Å². The Hall–Kier alpha value is -0.330. The zero-order valence-corrected chi connectivity index (χ0v) is 12.6. The quantitative estimate of drug-likeness (QED) is 0.572. The van der Waals surface area contributed by atoms with Gasteiger partial charge >= 0.3 is 0 Å². The fourth-order valence-electron chi connectivity index (χ4n) is 1.84. The highest BCUT2D eigenvalue weighted by atomic mass is 127. The molecule has 4 heteroatoms. The molecular weight excluding hydrogens is 343 g/mol. The van der Waals surface area contributed by atoms with Gasteiger partial charge in [0.15, 0.2) is 6.29 Å². The zero-order valence-electron chi connectivity index (χ0n) is 10.4. The molecule has 0 aliphatic carbocycles. The van der Waals surface area contributed by atoms with Gasteiger partial charge in [0.2, 0.25) is 0 Å². The number of rotatable bonds is 6. The van der Waals surface area contributed by atoms with Gasteiger partial charge in [-0.1, -0.05) is 0 Å². The van der Waals surface area contributed by atoms with E-state index in [-0.39, 0.29) is 6.29 Å². The molecule has 100 valence electrons. The smallest absolute Gasteiger partial charge is 0.157 e. The molecule has 1 fully saturated rings. The summed E-state index contributed by atoms with van der Waals surface area (Å²) in [5.41, 5.74) is 0. The summed E-state index contributed by atoms with van der Waals surface area (Å²) in [5.74, 6) is 0.921. The molecule has 18 heavy (non-hydrogen) atoms. The van der Waals surface area contributed by atoms with Crippen LogP contribution in [0.1, 0.15) is 25.7 Å². The maximum atomic E-state index is 5.64. The highest BCUT2D eigenvalue weighted by Crippen LogP contribution is 2.15. The van der Waals surface area contributed by atoms with Crippen molar-refractivity contribution in [1.82, 2.24) is 0 Å². The van der Waals surface area contributed by atoms with Gasteiger partial charge < -0.3 is 14.2 Å². The number of halogens is 1. The highest BCUT2D eigenvalue weighted by Gasteiger charge is 2.13. The molecule has 2 rings (SSSR count). The predicted molar refractivity (Wildman–Crippen MR) is 78.8 cm³/mol. The van der Waals surface area contributed by atoms with Crippen LogP contribution in [-0.4, -0.2) is 26.1 Å². The maximum Gasteiger partial charge on any atom is 0.157 e. The molecule has 0 amide bonds. The molecule has 3 nitrogen and oxygen atoms in total. The number of ether oxygens (including phenoxy) is 3. The highest BCUT2D eigenvalue weighted by molar-refractivity contribution is 14.1. The second kappa shape index (κ2) is 7.96. The SMILES string of the molecule is Ic1ccc(OCCCOC2CCCCO2)cc1. The minimum Gasteiger partial charge on any atom is -0.494 e. The van der Waals surface area contributed by atoms with Crippen LogP contribution in [0.25, 0.3) is 0 Å². The second-order valence-electron chi connectivity index (χ2n) is 4.32. The summed E-state index contributed by atoms with van der Waals surface area (Å²) < 4.78 is 18.0. The lowest BCUT2D eigenvalue weighted by Gasteiger charge is -2.22. The van der Waals surface area contributed by atoms with Crippen LogP contribution in [0.5, 0.6) is 5.75 Å². The first-order valence-electron chi connectivity index (χ1n) is 6.46. The Bertz CT molecular complexity index is 333. The Balaban J connectivity index is 1.54. The van der Waals surface area contributed by atoms with Crippen molar-refractivity contribution in [1.29, 1.82) is 0 Å². The molecule has 1 aliphatic rings. The predicted octanol–water partition coefficient (Wildman–Crippen LogP) is 3.60. The summed E-state index contributed by atoms with van der Waals surface area (Å²) in [6.45, 7) is 2.23. The summed E-state index contributed by atoms with van der Waals surface area (Å²) in [7, 11) is 0. The Kier molecular flexibility index (Phi) is 6.23. The molecule has 1 aromatic rings. The molecule has 1 heterocycles. The van der Waals surface area contributed by atoms with Gasteiger partial charge in [0, 0.05) is 16.6 Å². The Morgan fingerprint density at radius 3 is 2.72 bits per heavy atom. The van der Waals surface area contributed by atoms with Gasteiger partial charge in [-0.15, -0.1) is 0 Å². The van der Waals surface area contributed by atoms with E-state index in [0.29, 0.717) is 13.2 Å². The monoisotopic (exact) mass is 362 g/mol. The van der Waals surface area contributed by atoms with E-state index in [1.54, 1.807) is 0 Å². The molecule has 0 spiro atoms. The molecule has 0 bridgehead atoms. The lowest BCUT2D eigenvalue weighted by molar-refractivity contribution is -0.163. The standard InChI is InChI=1S/C14H19IO3/c15-12-5-7-13(8-6-12)16-10-3-11-18-14-4-1-2-9-17-14/h5-8,14H,1-4,9-11H2. The Labute approximate surface area is 122 Å². The van der Waals surface area contributed by atoms with Crippen LogP contribution >= 0.6 is 22.6 Å². The Morgan fingerprint density at radius 1 is 1.17 bits per heavy atom. The van der Waals surface area contributed by atoms with Crippen molar-refractivity contribution in [2.45, 2.75) is 32.0 Å². The third kappa shape index (κ3) is 5.12. The minimum atomic E-state index is 0.0112. The molecule has 1 aliphatic heterocycles. The molecule has 1 unspecified atom stereocenters. The third-order valence-electron chi connectivity index (χ3n) is 2.81. The van der Waals surface area contributed by atoms with E-state index >= 15 is 0 Å². The maximum absolute atomic E-state index is 5.64. The number of hydrogen-bond acceptors (Lipinski definition) is 3. The van der Waals surface area contributed by atoms with Crippen molar-refractivity contribution in [3.63, 3.8) is 0 Å². The molecule has 0 radical (unpaired) electrons. The van der Waals surface area contributed by atoms with Crippen LogP contribution in [0.3, 0.4) is 0 Å². The van der Waals surface area contributed by atoms with Gasteiger partial charge in [0.25, 0.3) is 0 Å². The fourth-order valence-corrected chi connectivity index (χ4v) is 2.20. The van der Waals surface area contributed by atoms with Gasteiger partial charge in [0.1, 0.15) is 5.75 Å². The van der Waals surface area contributed by atoms with Crippen LogP contribution in [0, 0.1) is 3.57 Å². The molecule has 0 N–H and O–H groups in total. The summed E-state index contributed by atoms with van der Waals surface area (Å²) >= 11 is 2.28. The summed E-state index contributed by atoms with van der Waals surface area (Å²) in [4.78, 5) is 0. The van der Waals surface area contributed by atoms with E-state index < -0.39 is 0 Å². The topological polar surface area (TPSA) is 27.7 Å². The van der Waals surface area contributed by atoms with Crippen molar-refractivity contribution in [2.24, 2.45) is 0 Å². The minimum absolute atomic E-state index is 0.0112. The van der Waals surface area contributed by atoms with Crippen molar-refractivity contribution in [3.05, 3.63) is 27.8 Å². The number of benzene rings is 1. The molecule has 1 atom stereocenters. The zero-order chi connectivity index (χ0) is 12.6. The van der Waals surface area contributed by atoms with Crippen LogP contribution in [0.4, 0.5) is 0 Å². The van der Waals surface area contributed by atoms with Crippen LogP contribution < -0.4 is 4.74 Å². The van der Waals surface area contributed by atoms with E-state index in [0.717, 1.165) is 31.6 Å². The summed E-state index contributed by atoms with van der Waals surface area (Å²) in [5, 5.41) is 0. The van der Waals surface area contributed by atoms with Crippen molar-refractivity contribution in [3.8, 4) is 5.75 Å². The largest absolute Gasteiger partial charge is 0.494 e. The lowest BCUT2D eigenvalue weighted by atomic mass is 10.2. The van der Waals surface area contributed by atoms with E-state index in [2.05, 4.69) is 22.6 Å². The van der Waals surface area contributed by atoms with E-state index in [1.165, 1.54) is 9.99 Å². The Morgan fingerprint density at radius 2 is 2.00 bits per heavy atom. The van der Waals surface area contributed by atoms with Gasteiger partial charge in [-0.05, 0) is 66.1 Å². The van der Waals surface area contributed by atoms with Crippen molar-refractivity contribution < 1.29 is 14.2 Å². The molecular formula is C14H19IO3.